The Kier molecular flexibility index (Phi) is 6.48. The number of carboxylic acids is 1. The third kappa shape index (κ3) is 4.25. The van der Waals surface area contributed by atoms with E-state index in [4.69, 9.17) is 4.74 Å². The van der Waals surface area contributed by atoms with Crippen molar-refractivity contribution in [1.82, 2.24) is 0 Å². The molecule has 0 bridgehead atoms. The van der Waals surface area contributed by atoms with Crippen molar-refractivity contribution in [2.24, 2.45) is 11.8 Å². The van der Waals surface area contributed by atoms with E-state index in [9.17, 15) is 14.7 Å². The van der Waals surface area contributed by atoms with Gasteiger partial charge in [-0.15, -0.1) is 0 Å². The van der Waals surface area contributed by atoms with Gasteiger partial charge in [0.05, 0.1) is 11.8 Å². The predicted molar refractivity (Wildman–Crippen MR) is 131 cm³/mol. The summed E-state index contributed by atoms with van der Waals surface area (Å²) in [5, 5.41) is 10.2. The maximum absolute atomic E-state index is 13.8. The number of carboxylic acid groups (broad SMARTS) is 1. The Hall–Kier alpha value is -3.40. The molecule has 4 atom stereocenters. The van der Waals surface area contributed by atoms with Crippen LogP contribution >= 0.6 is 0 Å². The van der Waals surface area contributed by atoms with Crippen molar-refractivity contribution < 1.29 is 19.4 Å². The first kappa shape index (κ1) is 22.4. The number of carbonyl (C=O) groups excluding carboxylic acids is 1. The monoisotopic (exact) mass is 454 g/mol. The molecule has 0 saturated heterocycles. The lowest BCUT2D eigenvalue weighted by atomic mass is 9.52. The molecule has 2 fully saturated rings. The highest BCUT2D eigenvalue weighted by atomic mass is 16.5. The SMILES string of the molecule is O=C(O)[C@H]1[C@H](c2ccccc2)[C@H](C(=O)OC2CCCCC2c2ccccc2)[C@H]1c1ccccc1. The largest absolute Gasteiger partial charge is 0.481 e. The summed E-state index contributed by atoms with van der Waals surface area (Å²) in [7, 11) is 0. The highest BCUT2D eigenvalue weighted by molar-refractivity contribution is 5.84. The second-order valence-electron chi connectivity index (χ2n) is 9.54. The van der Waals surface area contributed by atoms with Gasteiger partial charge in [-0.2, -0.15) is 0 Å². The lowest BCUT2D eigenvalue weighted by molar-refractivity contribution is -0.170. The average Bonchev–Trinajstić information content (AvgIpc) is 2.85. The van der Waals surface area contributed by atoms with Crippen LogP contribution in [0.4, 0.5) is 0 Å². The van der Waals surface area contributed by atoms with Crippen molar-refractivity contribution in [3.05, 3.63) is 108 Å². The number of benzene rings is 3. The second-order valence-corrected chi connectivity index (χ2v) is 9.54. The van der Waals surface area contributed by atoms with Crippen molar-refractivity contribution >= 4 is 11.9 Å². The molecule has 0 aliphatic heterocycles. The van der Waals surface area contributed by atoms with Gasteiger partial charge >= 0.3 is 11.9 Å². The molecule has 4 nitrogen and oxygen atoms in total. The van der Waals surface area contributed by atoms with Crippen molar-refractivity contribution in [3.63, 3.8) is 0 Å². The maximum Gasteiger partial charge on any atom is 0.310 e. The summed E-state index contributed by atoms with van der Waals surface area (Å²) in [6, 6.07) is 29.4. The minimum Gasteiger partial charge on any atom is -0.481 e. The average molecular weight is 455 g/mol. The Morgan fingerprint density at radius 3 is 1.62 bits per heavy atom. The van der Waals surface area contributed by atoms with Crippen LogP contribution in [0.2, 0.25) is 0 Å². The van der Waals surface area contributed by atoms with Gasteiger partial charge < -0.3 is 9.84 Å². The molecule has 2 aliphatic rings. The zero-order valence-corrected chi connectivity index (χ0v) is 19.1. The van der Waals surface area contributed by atoms with Gasteiger partial charge in [0, 0.05) is 17.8 Å². The van der Waals surface area contributed by atoms with Gasteiger partial charge in [-0.1, -0.05) is 97.4 Å². The van der Waals surface area contributed by atoms with Gasteiger partial charge in [-0.25, -0.2) is 0 Å². The molecule has 0 amide bonds. The summed E-state index contributed by atoms with van der Waals surface area (Å²) in [4.78, 5) is 26.2. The number of hydrogen-bond acceptors (Lipinski definition) is 3. The molecule has 3 aromatic rings. The van der Waals surface area contributed by atoms with Crippen LogP contribution in [0.15, 0.2) is 91.0 Å². The fourth-order valence-electron chi connectivity index (χ4n) is 6.08. The minimum atomic E-state index is -0.869. The lowest BCUT2D eigenvalue weighted by Gasteiger charge is -2.49. The lowest BCUT2D eigenvalue weighted by Crippen LogP contribution is -2.52. The Morgan fingerprint density at radius 1 is 0.647 bits per heavy atom. The molecule has 34 heavy (non-hydrogen) atoms. The van der Waals surface area contributed by atoms with E-state index in [1.165, 1.54) is 5.56 Å². The quantitative estimate of drug-likeness (QED) is 0.454. The second kappa shape index (κ2) is 9.84. The molecule has 3 aromatic carbocycles. The fraction of sp³-hybridized carbons (Fsp3) is 0.333. The number of esters is 1. The van der Waals surface area contributed by atoms with E-state index in [1.54, 1.807) is 0 Å². The van der Waals surface area contributed by atoms with Gasteiger partial charge in [0.25, 0.3) is 0 Å². The minimum absolute atomic E-state index is 0.180. The van der Waals surface area contributed by atoms with Gasteiger partial charge in [0.2, 0.25) is 0 Å². The van der Waals surface area contributed by atoms with E-state index in [-0.39, 0.29) is 18.0 Å². The van der Waals surface area contributed by atoms with Crippen molar-refractivity contribution in [3.8, 4) is 0 Å². The molecule has 5 rings (SSSR count). The summed E-state index contributed by atoms with van der Waals surface area (Å²) >= 11 is 0. The van der Waals surface area contributed by atoms with Gasteiger partial charge in [0.1, 0.15) is 6.10 Å². The first-order valence-corrected chi connectivity index (χ1v) is 12.2. The molecule has 0 aromatic heterocycles. The number of hydrogen-bond donors (Lipinski definition) is 1. The van der Waals surface area contributed by atoms with Crippen molar-refractivity contribution in [2.45, 2.75) is 49.5 Å². The van der Waals surface area contributed by atoms with Crippen molar-refractivity contribution in [2.75, 3.05) is 0 Å². The fourth-order valence-corrected chi connectivity index (χ4v) is 6.08. The first-order valence-electron chi connectivity index (χ1n) is 12.2. The molecule has 2 unspecified atom stereocenters. The van der Waals surface area contributed by atoms with Crippen molar-refractivity contribution in [1.29, 1.82) is 0 Å². The van der Waals surface area contributed by atoms with Crippen LogP contribution in [-0.4, -0.2) is 23.1 Å². The van der Waals surface area contributed by atoms with Gasteiger partial charge in [-0.05, 0) is 36.0 Å². The van der Waals surface area contributed by atoms with Crippen LogP contribution in [0.5, 0.6) is 0 Å². The molecule has 174 valence electrons. The van der Waals surface area contributed by atoms with E-state index in [0.29, 0.717) is 0 Å². The highest BCUT2D eigenvalue weighted by Crippen LogP contribution is 2.58. The van der Waals surface area contributed by atoms with E-state index >= 15 is 0 Å². The molecule has 0 heterocycles. The van der Waals surface area contributed by atoms with Crippen LogP contribution < -0.4 is 0 Å². The molecule has 0 spiro atoms. The zero-order valence-electron chi connectivity index (χ0n) is 19.1. The Bertz CT molecular complexity index is 1060. The molecular formula is C30H30O4. The predicted octanol–water partition coefficient (Wildman–Crippen LogP) is 6.15. The Balaban J connectivity index is 1.46. The van der Waals surface area contributed by atoms with E-state index in [1.807, 2.05) is 78.9 Å². The van der Waals surface area contributed by atoms with Crippen LogP contribution in [0, 0.1) is 11.8 Å². The van der Waals surface area contributed by atoms with Gasteiger partial charge in [0.15, 0.2) is 0 Å². The summed E-state index contributed by atoms with van der Waals surface area (Å²) < 4.78 is 6.26. The Labute approximate surface area is 200 Å². The summed E-state index contributed by atoms with van der Waals surface area (Å²) in [5.74, 6) is -2.97. The van der Waals surface area contributed by atoms with E-state index in [2.05, 4.69) is 12.1 Å². The van der Waals surface area contributed by atoms with E-state index in [0.717, 1.165) is 36.8 Å². The summed E-state index contributed by atoms with van der Waals surface area (Å²) in [6.45, 7) is 0. The normalized spacial score (nSPS) is 28.5. The van der Waals surface area contributed by atoms with Crippen LogP contribution in [0.1, 0.15) is 60.1 Å². The van der Waals surface area contributed by atoms with Gasteiger partial charge in [-0.3, -0.25) is 9.59 Å². The molecule has 1 N–H and O–H groups in total. The highest BCUT2D eigenvalue weighted by Gasteiger charge is 2.59. The molecule has 4 heteroatoms. The third-order valence-corrected chi connectivity index (χ3v) is 7.67. The number of carbonyl (C=O) groups is 2. The molecule has 0 radical (unpaired) electrons. The summed E-state index contributed by atoms with van der Waals surface area (Å²) in [5.41, 5.74) is 2.97. The number of rotatable bonds is 6. The van der Waals surface area contributed by atoms with Crippen LogP contribution in [0.25, 0.3) is 0 Å². The van der Waals surface area contributed by atoms with Crippen LogP contribution in [-0.2, 0) is 14.3 Å². The number of ether oxygens (including phenoxy) is 1. The summed E-state index contributed by atoms with van der Waals surface area (Å²) in [6.07, 6.45) is 3.81. The van der Waals surface area contributed by atoms with Crippen LogP contribution in [0.3, 0.4) is 0 Å². The molecular weight excluding hydrogens is 424 g/mol. The topological polar surface area (TPSA) is 63.6 Å². The third-order valence-electron chi connectivity index (χ3n) is 7.67. The first-order chi connectivity index (χ1) is 16.6. The number of aliphatic carboxylic acids is 1. The zero-order chi connectivity index (χ0) is 23.5. The maximum atomic E-state index is 13.8. The smallest absolute Gasteiger partial charge is 0.310 e. The standard InChI is InChI=1S/C30H30O4/c31-29(32)27-25(21-14-6-2-7-15-21)28(26(27)22-16-8-3-9-17-22)30(33)34-24-19-11-10-18-23(24)20-12-4-1-5-13-20/h1-9,12-17,23-28H,10-11,18-19H2,(H,31,32)/t23?,24?,25-,26-,27-,28-/m0/s1. The molecule has 2 aliphatic carbocycles. The Morgan fingerprint density at radius 2 is 1.12 bits per heavy atom. The molecule has 2 saturated carbocycles. The van der Waals surface area contributed by atoms with E-state index < -0.39 is 29.6 Å².